The van der Waals surface area contributed by atoms with Gasteiger partial charge in [-0.3, -0.25) is 9.78 Å². The molecular weight excluding hydrogens is 290 g/mol. The van der Waals surface area contributed by atoms with Crippen LogP contribution in [0.25, 0.3) is 0 Å². The lowest BCUT2D eigenvalue weighted by molar-refractivity contribution is 0.102. The van der Waals surface area contributed by atoms with Gasteiger partial charge >= 0.3 is 0 Å². The van der Waals surface area contributed by atoms with Gasteiger partial charge in [0.25, 0.3) is 5.91 Å². The number of nitrogens with zero attached hydrogens (tertiary/aromatic N) is 1. The molecule has 0 spiro atoms. The van der Waals surface area contributed by atoms with Gasteiger partial charge in [-0.1, -0.05) is 11.6 Å². The molecule has 1 aromatic heterocycles. The molecule has 1 aromatic carbocycles. The predicted molar refractivity (Wildman–Crippen MR) is 82.7 cm³/mol. The molecule has 0 fully saturated rings. The van der Waals surface area contributed by atoms with Crippen LogP contribution in [0.3, 0.4) is 0 Å². The molecule has 110 valence electrons. The van der Waals surface area contributed by atoms with E-state index in [4.69, 9.17) is 22.1 Å². The van der Waals surface area contributed by atoms with E-state index in [9.17, 15) is 4.79 Å². The Morgan fingerprint density at radius 3 is 2.86 bits per heavy atom. The zero-order valence-corrected chi connectivity index (χ0v) is 12.4. The molecule has 2 rings (SSSR count). The van der Waals surface area contributed by atoms with E-state index in [2.05, 4.69) is 10.3 Å². The van der Waals surface area contributed by atoms with E-state index in [0.717, 1.165) is 0 Å². The number of pyridine rings is 1. The van der Waals surface area contributed by atoms with E-state index >= 15 is 0 Å². The molecule has 1 amide bonds. The van der Waals surface area contributed by atoms with Gasteiger partial charge in [0.05, 0.1) is 17.3 Å². The van der Waals surface area contributed by atoms with Gasteiger partial charge in [0, 0.05) is 24.0 Å². The summed E-state index contributed by atoms with van der Waals surface area (Å²) in [6.45, 7) is 2.70. The van der Waals surface area contributed by atoms with Gasteiger partial charge in [-0.05, 0) is 37.3 Å². The summed E-state index contributed by atoms with van der Waals surface area (Å²) in [5, 5.41) is 3.22. The van der Waals surface area contributed by atoms with Gasteiger partial charge in [-0.15, -0.1) is 0 Å². The Balaban J connectivity index is 2.13. The zero-order chi connectivity index (χ0) is 15.2. The number of hydrogen-bond acceptors (Lipinski definition) is 4. The van der Waals surface area contributed by atoms with Crippen LogP contribution in [0.2, 0.25) is 5.02 Å². The van der Waals surface area contributed by atoms with E-state index in [1.54, 1.807) is 36.5 Å². The van der Waals surface area contributed by atoms with Gasteiger partial charge in [0.1, 0.15) is 5.75 Å². The molecule has 0 saturated carbocycles. The van der Waals surface area contributed by atoms with Crippen molar-refractivity contribution in [3.05, 3.63) is 52.8 Å². The lowest BCUT2D eigenvalue weighted by Gasteiger charge is -2.09. The second kappa shape index (κ2) is 7.06. The molecule has 0 unspecified atom stereocenters. The van der Waals surface area contributed by atoms with Crippen LogP contribution in [0.5, 0.6) is 5.75 Å². The smallest absolute Gasteiger partial charge is 0.255 e. The maximum absolute atomic E-state index is 12.2. The Morgan fingerprint density at radius 1 is 1.38 bits per heavy atom. The Hall–Kier alpha value is -2.11. The average Bonchev–Trinajstić information content (AvgIpc) is 2.50. The van der Waals surface area contributed by atoms with Crippen molar-refractivity contribution in [1.29, 1.82) is 0 Å². The number of anilines is 1. The number of nitrogens with two attached hydrogens (primary N) is 1. The van der Waals surface area contributed by atoms with E-state index in [0.29, 0.717) is 34.3 Å². The van der Waals surface area contributed by atoms with Crippen molar-refractivity contribution >= 4 is 23.2 Å². The number of amides is 1. The number of rotatable bonds is 5. The number of nitrogens with one attached hydrogen (secondary N) is 1. The first-order valence-corrected chi connectivity index (χ1v) is 6.90. The number of halogens is 1. The van der Waals surface area contributed by atoms with Crippen molar-refractivity contribution in [3.8, 4) is 5.75 Å². The molecule has 2 aromatic rings. The Morgan fingerprint density at radius 2 is 2.19 bits per heavy atom. The number of carbonyl (C=O) groups is 1. The predicted octanol–water partition coefficient (Wildman–Crippen LogP) is 2.84. The van der Waals surface area contributed by atoms with Crippen molar-refractivity contribution in [2.75, 3.05) is 11.9 Å². The van der Waals surface area contributed by atoms with Crippen molar-refractivity contribution in [1.82, 2.24) is 4.98 Å². The van der Waals surface area contributed by atoms with Crippen molar-refractivity contribution in [2.24, 2.45) is 5.73 Å². The van der Waals surface area contributed by atoms with Crippen LogP contribution < -0.4 is 15.8 Å². The first-order chi connectivity index (χ1) is 10.1. The van der Waals surface area contributed by atoms with Gasteiger partial charge in [-0.2, -0.15) is 0 Å². The fourth-order valence-corrected chi connectivity index (χ4v) is 2.02. The van der Waals surface area contributed by atoms with E-state index < -0.39 is 0 Å². The minimum Gasteiger partial charge on any atom is -0.492 e. The first kappa shape index (κ1) is 15.3. The van der Waals surface area contributed by atoms with Crippen LogP contribution in [0.1, 0.15) is 23.0 Å². The quantitative estimate of drug-likeness (QED) is 0.890. The highest BCUT2D eigenvalue weighted by atomic mass is 35.5. The lowest BCUT2D eigenvalue weighted by atomic mass is 10.2. The monoisotopic (exact) mass is 305 g/mol. The third kappa shape index (κ3) is 3.93. The second-order valence-electron chi connectivity index (χ2n) is 4.27. The third-order valence-electron chi connectivity index (χ3n) is 2.78. The summed E-state index contributed by atoms with van der Waals surface area (Å²) < 4.78 is 5.34. The molecule has 0 aliphatic rings. The summed E-state index contributed by atoms with van der Waals surface area (Å²) in [4.78, 5) is 16.2. The van der Waals surface area contributed by atoms with Crippen LogP contribution >= 0.6 is 11.6 Å². The third-order valence-corrected chi connectivity index (χ3v) is 3.07. The minimum atomic E-state index is -0.243. The summed E-state index contributed by atoms with van der Waals surface area (Å²) in [6, 6.07) is 8.39. The molecule has 0 aliphatic carbocycles. The fourth-order valence-electron chi connectivity index (χ4n) is 1.79. The number of ether oxygens (including phenoxy) is 1. The molecule has 21 heavy (non-hydrogen) atoms. The lowest BCUT2D eigenvalue weighted by Crippen LogP contribution is -2.13. The molecule has 0 bridgehead atoms. The highest BCUT2D eigenvalue weighted by molar-refractivity contribution is 6.32. The van der Waals surface area contributed by atoms with Crippen molar-refractivity contribution in [2.45, 2.75) is 13.5 Å². The maximum Gasteiger partial charge on any atom is 0.255 e. The number of carbonyl (C=O) groups excluding carboxylic acids is 1. The summed E-state index contributed by atoms with van der Waals surface area (Å²) in [5.41, 5.74) is 7.26. The fraction of sp³-hybridized carbons (Fsp3) is 0.200. The molecule has 5 nitrogen and oxygen atoms in total. The van der Waals surface area contributed by atoms with Crippen LogP contribution in [-0.2, 0) is 6.54 Å². The van der Waals surface area contributed by atoms with Crippen molar-refractivity contribution < 1.29 is 9.53 Å². The second-order valence-corrected chi connectivity index (χ2v) is 4.68. The first-order valence-electron chi connectivity index (χ1n) is 6.52. The van der Waals surface area contributed by atoms with Gasteiger partial charge in [0.15, 0.2) is 0 Å². The highest BCUT2D eigenvalue weighted by Gasteiger charge is 2.09. The van der Waals surface area contributed by atoms with Crippen LogP contribution in [0, 0.1) is 0 Å². The van der Waals surface area contributed by atoms with Crippen LogP contribution in [-0.4, -0.2) is 17.5 Å². The summed E-state index contributed by atoms with van der Waals surface area (Å²) >= 11 is 6.08. The van der Waals surface area contributed by atoms with Gasteiger partial charge < -0.3 is 15.8 Å². The van der Waals surface area contributed by atoms with E-state index in [1.807, 2.05) is 6.92 Å². The molecule has 6 heteroatoms. The molecule has 0 atom stereocenters. The Bertz CT molecular complexity index is 647. The van der Waals surface area contributed by atoms with Crippen LogP contribution in [0.4, 0.5) is 5.69 Å². The standard InChI is InChI=1S/C15H16ClN3O2/c1-2-21-14-4-3-11(8-13(14)16)19-15(20)10-5-6-18-12(7-10)9-17/h3-8H,2,9,17H2,1H3,(H,19,20). The molecule has 0 radical (unpaired) electrons. The summed E-state index contributed by atoms with van der Waals surface area (Å²) in [7, 11) is 0. The summed E-state index contributed by atoms with van der Waals surface area (Å²) in [5.74, 6) is 0.346. The topological polar surface area (TPSA) is 77.2 Å². The SMILES string of the molecule is CCOc1ccc(NC(=O)c2ccnc(CN)c2)cc1Cl. The number of hydrogen-bond donors (Lipinski definition) is 2. The van der Waals surface area contributed by atoms with E-state index in [-0.39, 0.29) is 12.5 Å². The summed E-state index contributed by atoms with van der Waals surface area (Å²) in [6.07, 6.45) is 1.56. The molecule has 1 heterocycles. The minimum absolute atomic E-state index is 0.243. The van der Waals surface area contributed by atoms with Gasteiger partial charge in [0.2, 0.25) is 0 Å². The largest absolute Gasteiger partial charge is 0.492 e. The zero-order valence-electron chi connectivity index (χ0n) is 11.6. The van der Waals surface area contributed by atoms with E-state index in [1.165, 1.54) is 0 Å². The molecular formula is C15H16ClN3O2. The van der Waals surface area contributed by atoms with Gasteiger partial charge in [-0.25, -0.2) is 0 Å². The normalized spacial score (nSPS) is 10.2. The van der Waals surface area contributed by atoms with Crippen LogP contribution in [0.15, 0.2) is 36.5 Å². The molecule has 3 N–H and O–H groups in total. The van der Waals surface area contributed by atoms with Crippen molar-refractivity contribution in [3.63, 3.8) is 0 Å². The Kier molecular flexibility index (Phi) is 5.14. The maximum atomic E-state index is 12.2. The molecule has 0 aliphatic heterocycles. The highest BCUT2D eigenvalue weighted by Crippen LogP contribution is 2.27. The number of aromatic nitrogens is 1. The average molecular weight is 306 g/mol. The molecule has 0 saturated heterocycles. The number of benzene rings is 1. The Labute approximate surface area is 128 Å².